The molecule has 182 valence electrons. The summed E-state index contributed by atoms with van der Waals surface area (Å²) in [7, 11) is 0. The molecule has 2 N–H and O–H groups in total. The van der Waals surface area contributed by atoms with Crippen LogP contribution in [0.4, 0.5) is 9.59 Å². The van der Waals surface area contributed by atoms with Gasteiger partial charge in [0, 0.05) is 31.2 Å². The first kappa shape index (κ1) is 23.8. The molecule has 8 nitrogen and oxygen atoms in total. The fourth-order valence-corrected chi connectivity index (χ4v) is 5.21. The van der Waals surface area contributed by atoms with Crippen LogP contribution in [-0.4, -0.2) is 76.1 Å². The molecule has 0 aromatic heterocycles. The van der Waals surface area contributed by atoms with Crippen LogP contribution in [0, 0.1) is 0 Å². The number of nitrogens with zero attached hydrogens (tertiary/aromatic N) is 2. The number of nitrogens with one attached hydrogen (secondary N) is 1. The van der Waals surface area contributed by atoms with Crippen LogP contribution in [0.2, 0.25) is 0 Å². The van der Waals surface area contributed by atoms with Gasteiger partial charge in [0.25, 0.3) is 0 Å². The van der Waals surface area contributed by atoms with E-state index in [-0.39, 0.29) is 36.9 Å². The van der Waals surface area contributed by atoms with Gasteiger partial charge in [-0.3, -0.25) is 0 Å². The van der Waals surface area contributed by atoms with Crippen LogP contribution in [0.25, 0.3) is 0 Å². The number of ether oxygens (including phenoxy) is 2. The van der Waals surface area contributed by atoms with Crippen molar-refractivity contribution in [1.82, 2.24) is 15.1 Å². The zero-order valence-electron chi connectivity index (χ0n) is 20.0. The lowest BCUT2D eigenvalue weighted by molar-refractivity contribution is -0.0549. The van der Waals surface area contributed by atoms with E-state index in [1.807, 2.05) is 56.0 Å². The van der Waals surface area contributed by atoms with Gasteiger partial charge in [-0.1, -0.05) is 30.3 Å². The van der Waals surface area contributed by atoms with Crippen LogP contribution in [0.3, 0.4) is 0 Å². The molecule has 1 aromatic rings. The quantitative estimate of drug-likeness (QED) is 0.678. The van der Waals surface area contributed by atoms with E-state index in [4.69, 9.17) is 9.47 Å². The predicted octanol–water partition coefficient (Wildman–Crippen LogP) is 3.28. The lowest BCUT2D eigenvalue weighted by Gasteiger charge is -2.44. The highest BCUT2D eigenvalue weighted by Crippen LogP contribution is 2.42. The minimum absolute atomic E-state index is 0.0309. The summed E-state index contributed by atoms with van der Waals surface area (Å²) in [4.78, 5) is 28.3. The molecule has 3 aliphatic rings. The fraction of sp³-hybridized carbons (Fsp3) is 0.680. The zero-order chi connectivity index (χ0) is 23.6. The number of likely N-dealkylation sites (tertiary alicyclic amines) is 1. The lowest BCUT2D eigenvalue weighted by Crippen LogP contribution is -2.61. The maximum absolute atomic E-state index is 12.7. The Bertz CT molecular complexity index is 820. The minimum Gasteiger partial charge on any atom is -0.445 e. The van der Waals surface area contributed by atoms with Gasteiger partial charge in [0.05, 0.1) is 5.60 Å². The molecular formula is C25H37N3O5. The summed E-state index contributed by atoms with van der Waals surface area (Å²) in [5.74, 6) is 0. The Labute approximate surface area is 196 Å². The largest absolute Gasteiger partial charge is 0.445 e. The Morgan fingerprint density at radius 1 is 1.09 bits per heavy atom. The third-order valence-electron chi connectivity index (χ3n) is 6.82. The first-order valence-corrected chi connectivity index (χ1v) is 12.0. The summed E-state index contributed by atoms with van der Waals surface area (Å²) >= 11 is 0. The van der Waals surface area contributed by atoms with E-state index in [2.05, 4.69) is 5.32 Å². The molecule has 2 unspecified atom stereocenters. The first-order chi connectivity index (χ1) is 15.6. The van der Waals surface area contributed by atoms with Crippen LogP contribution in [0.5, 0.6) is 0 Å². The number of rotatable bonds is 6. The molecule has 0 saturated carbocycles. The molecule has 33 heavy (non-hydrogen) atoms. The van der Waals surface area contributed by atoms with E-state index in [0.717, 1.165) is 18.4 Å². The van der Waals surface area contributed by atoms with Crippen LogP contribution < -0.4 is 5.32 Å². The average Bonchev–Trinajstić information content (AvgIpc) is 2.99. The van der Waals surface area contributed by atoms with E-state index < -0.39 is 11.2 Å². The van der Waals surface area contributed by atoms with Gasteiger partial charge in [-0.05, 0) is 65.0 Å². The molecule has 8 heteroatoms. The van der Waals surface area contributed by atoms with Crippen LogP contribution in [0.1, 0.15) is 58.4 Å². The van der Waals surface area contributed by atoms with Crippen molar-refractivity contribution in [3.05, 3.63) is 35.9 Å². The Morgan fingerprint density at radius 2 is 1.73 bits per heavy atom. The van der Waals surface area contributed by atoms with Gasteiger partial charge in [-0.25, -0.2) is 9.59 Å². The summed E-state index contributed by atoms with van der Waals surface area (Å²) in [5.41, 5.74) is -0.288. The maximum atomic E-state index is 12.7. The van der Waals surface area contributed by atoms with E-state index in [1.54, 1.807) is 4.90 Å². The Balaban J connectivity index is 1.19. The smallest absolute Gasteiger partial charge is 0.410 e. The number of hydrogen-bond acceptors (Lipinski definition) is 6. The first-order valence-electron chi connectivity index (χ1n) is 12.0. The third-order valence-corrected chi connectivity index (χ3v) is 6.82. The maximum Gasteiger partial charge on any atom is 0.410 e. The van der Waals surface area contributed by atoms with Gasteiger partial charge < -0.3 is 29.7 Å². The molecule has 3 aliphatic heterocycles. The highest BCUT2D eigenvalue weighted by molar-refractivity contribution is 5.69. The van der Waals surface area contributed by atoms with Gasteiger partial charge in [0.15, 0.2) is 0 Å². The number of carbonyl (C=O) groups is 2. The summed E-state index contributed by atoms with van der Waals surface area (Å²) in [6.45, 7) is 7.79. The molecule has 2 bridgehead atoms. The fourth-order valence-electron chi connectivity index (χ4n) is 5.21. The molecule has 3 fully saturated rings. The van der Waals surface area contributed by atoms with Crippen molar-refractivity contribution < 1.29 is 24.2 Å². The minimum atomic E-state index is -0.774. The van der Waals surface area contributed by atoms with Gasteiger partial charge in [-0.15, -0.1) is 0 Å². The molecule has 0 spiro atoms. The second-order valence-electron chi connectivity index (χ2n) is 10.8. The summed E-state index contributed by atoms with van der Waals surface area (Å²) in [5, 5.41) is 14.7. The van der Waals surface area contributed by atoms with Gasteiger partial charge in [0.2, 0.25) is 0 Å². The molecule has 3 saturated heterocycles. The van der Waals surface area contributed by atoms with Crippen molar-refractivity contribution >= 4 is 12.2 Å². The second kappa shape index (κ2) is 9.50. The number of fused-ring (bicyclic) bond motifs is 2. The number of amides is 2. The van der Waals surface area contributed by atoms with E-state index in [1.165, 1.54) is 0 Å². The Morgan fingerprint density at radius 3 is 2.33 bits per heavy atom. The Kier molecular flexibility index (Phi) is 6.86. The molecule has 4 rings (SSSR count). The second-order valence-corrected chi connectivity index (χ2v) is 10.8. The predicted molar refractivity (Wildman–Crippen MR) is 124 cm³/mol. The van der Waals surface area contributed by atoms with Crippen LogP contribution in [0.15, 0.2) is 30.3 Å². The van der Waals surface area contributed by atoms with Crippen molar-refractivity contribution in [2.75, 3.05) is 19.6 Å². The molecular weight excluding hydrogens is 422 g/mol. The highest BCUT2D eigenvalue weighted by atomic mass is 16.6. The molecule has 2 atom stereocenters. The van der Waals surface area contributed by atoms with Crippen molar-refractivity contribution in [3.8, 4) is 0 Å². The SMILES string of the molecule is CC(C)(C)OC(=O)N1CC(NCCC2(O)CC3CCC(C2)N3C(=O)OCc2ccccc2)C1. The van der Waals surface area contributed by atoms with Crippen LogP contribution in [-0.2, 0) is 16.1 Å². The standard InChI is InChI=1S/C25H37N3O5/c1-24(2,3)33-22(29)27-15-19(16-27)26-12-11-25(31)13-20-9-10-21(14-25)28(20)23(30)32-17-18-7-5-4-6-8-18/h4-8,19-21,26,31H,9-17H2,1-3H3. The van der Waals surface area contributed by atoms with E-state index >= 15 is 0 Å². The number of benzene rings is 1. The number of piperidine rings is 1. The van der Waals surface area contributed by atoms with E-state index in [0.29, 0.717) is 38.9 Å². The monoisotopic (exact) mass is 459 g/mol. The van der Waals surface area contributed by atoms with Crippen molar-refractivity contribution in [1.29, 1.82) is 0 Å². The normalized spacial score (nSPS) is 27.3. The number of hydrogen-bond donors (Lipinski definition) is 2. The molecule has 0 aliphatic carbocycles. The molecule has 3 heterocycles. The van der Waals surface area contributed by atoms with Crippen molar-refractivity contribution in [2.24, 2.45) is 0 Å². The Hall–Kier alpha value is -2.32. The number of carbonyl (C=O) groups excluding carboxylic acids is 2. The van der Waals surface area contributed by atoms with Gasteiger partial charge in [-0.2, -0.15) is 0 Å². The summed E-state index contributed by atoms with van der Waals surface area (Å²) < 4.78 is 10.9. The van der Waals surface area contributed by atoms with Gasteiger partial charge in [0.1, 0.15) is 12.2 Å². The zero-order valence-corrected chi connectivity index (χ0v) is 20.0. The third kappa shape index (κ3) is 5.98. The van der Waals surface area contributed by atoms with E-state index in [9.17, 15) is 14.7 Å². The summed E-state index contributed by atoms with van der Waals surface area (Å²) in [6, 6.07) is 9.98. The van der Waals surface area contributed by atoms with Crippen molar-refractivity contribution in [2.45, 2.75) is 88.8 Å². The molecule has 0 radical (unpaired) electrons. The topological polar surface area (TPSA) is 91.3 Å². The molecule has 2 amide bonds. The molecule has 1 aromatic carbocycles. The van der Waals surface area contributed by atoms with Crippen molar-refractivity contribution in [3.63, 3.8) is 0 Å². The van der Waals surface area contributed by atoms with Gasteiger partial charge >= 0.3 is 12.2 Å². The van der Waals surface area contributed by atoms with Crippen LogP contribution >= 0.6 is 0 Å². The summed E-state index contributed by atoms with van der Waals surface area (Å²) in [6.07, 6.45) is 3.07. The number of aliphatic hydroxyl groups is 1. The average molecular weight is 460 g/mol. The lowest BCUT2D eigenvalue weighted by atomic mass is 9.83. The highest BCUT2D eigenvalue weighted by Gasteiger charge is 2.49.